The van der Waals surface area contributed by atoms with E-state index in [1.165, 1.54) is 45.2 Å². The van der Waals surface area contributed by atoms with E-state index in [-0.39, 0.29) is 57.7 Å². The minimum absolute atomic E-state index is 0.0185. The summed E-state index contributed by atoms with van der Waals surface area (Å²) in [6, 6.07) is 6.20. The quantitative estimate of drug-likeness (QED) is 0.0243. The Morgan fingerprint density at radius 1 is 0.487 bits per heavy atom. The van der Waals surface area contributed by atoms with Crippen molar-refractivity contribution in [1.29, 1.82) is 0 Å². The van der Waals surface area contributed by atoms with Gasteiger partial charge in [-0.1, -0.05) is 11.6 Å². The molecule has 1 saturated heterocycles. The van der Waals surface area contributed by atoms with Crippen LogP contribution in [0.5, 0.6) is 0 Å². The van der Waals surface area contributed by atoms with Crippen molar-refractivity contribution in [3.05, 3.63) is 111 Å². The second-order valence-corrected chi connectivity index (χ2v) is 18.4. The van der Waals surface area contributed by atoms with Gasteiger partial charge in [0.15, 0.2) is 11.6 Å². The molecule has 0 aliphatic carbocycles. The van der Waals surface area contributed by atoms with Crippen molar-refractivity contribution in [1.82, 2.24) is 0 Å². The first-order chi connectivity index (χ1) is 36.6. The number of ketones is 2. The summed E-state index contributed by atoms with van der Waals surface area (Å²) in [4.78, 5) is 90.1. The van der Waals surface area contributed by atoms with Gasteiger partial charge in [0, 0.05) is 50.1 Å². The Balaban J connectivity index is 0.000000516. The van der Waals surface area contributed by atoms with Crippen LogP contribution in [0.4, 0.5) is 75.4 Å². The van der Waals surface area contributed by atoms with Gasteiger partial charge in [-0.2, -0.15) is 52.7 Å². The highest BCUT2D eigenvalue weighted by molar-refractivity contribution is 14.1. The molecule has 2 amide bonds. The molecule has 17 nitrogen and oxygen atoms in total. The minimum Gasteiger partial charge on any atom is -0.465 e. The Morgan fingerprint density at radius 2 is 0.775 bits per heavy atom. The van der Waals surface area contributed by atoms with E-state index in [4.69, 9.17) is 27.8 Å². The van der Waals surface area contributed by atoms with E-state index in [9.17, 15) is 91.0 Å². The lowest BCUT2D eigenvalue weighted by atomic mass is 9.98. The number of alkyl halides is 13. The standard InChI is InChI=1S/C13H12F3NO4.C11H9F3INO3.C11H10F3NO3.C9H7F3INO2.C4H7ClO/c1-6(18)8-4-9(12(20)21-3)11(17-7(2)19)5-10(8)13(14,15)16;1-5(17)16-9-4-7(11(12,13)14)8(15)3-6(9)10(18)19-2;1-5(16)6-3-7(10(17)18-2)9(15)4-8(6)11(12,13)14;1-16-8(15)4-2-6(13)5(3-7(4)14)9(10,11)12;5-4-2-1-3-6-4/h4-5H,1-3H3,(H,17,19);3-4H,1-2H3,(H,16,17);3-4H,15H2,1-2H3;2-3H,14H2,1H3;4H,1-3H2. The number of nitrogens with one attached hydrogen (secondary N) is 2. The van der Waals surface area contributed by atoms with E-state index < -0.39 is 105 Å². The van der Waals surface area contributed by atoms with Crippen LogP contribution in [0.2, 0.25) is 0 Å². The molecule has 4 aromatic carbocycles. The van der Waals surface area contributed by atoms with Gasteiger partial charge in [-0.3, -0.25) is 19.2 Å². The van der Waals surface area contributed by atoms with Crippen molar-refractivity contribution in [2.24, 2.45) is 0 Å². The number of anilines is 4. The Labute approximate surface area is 478 Å². The third-order valence-corrected chi connectivity index (χ3v) is 11.8. The van der Waals surface area contributed by atoms with Crippen LogP contribution in [-0.2, 0) is 58.0 Å². The molecule has 32 heteroatoms. The molecule has 0 bridgehead atoms. The Morgan fingerprint density at radius 3 is 1.07 bits per heavy atom. The number of benzene rings is 4. The van der Waals surface area contributed by atoms with Crippen LogP contribution in [0.1, 0.15) is 125 Å². The molecule has 1 unspecified atom stereocenters. The van der Waals surface area contributed by atoms with Crippen LogP contribution in [0.3, 0.4) is 0 Å². The molecule has 440 valence electrons. The lowest BCUT2D eigenvalue weighted by Gasteiger charge is -2.16. The van der Waals surface area contributed by atoms with Crippen LogP contribution in [-0.4, -0.2) is 87.9 Å². The molecule has 0 radical (unpaired) electrons. The summed E-state index contributed by atoms with van der Waals surface area (Å²) in [5.41, 5.74) is 3.23. The highest BCUT2D eigenvalue weighted by atomic mass is 127. The lowest BCUT2D eigenvalue weighted by Crippen LogP contribution is -2.18. The molecule has 1 aliphatic rings. The van der Waals surface area contributed by atoms with Gasteiger partial charge in [0.25, 0.3) is 0 Å². The average Bonchev–Trinajstić information content (AvgIpc) is 3.83. The first-order valence-electron chi connectivity index (χ1n) is 21.6. The van der Waals surface area contributed by atoms with Crippen LogP contribution >= 0.6 is 56.8 Å². The zero-order valence-electron chi connectivity index (χ0n) is 42.4. The van der Waals surface area contributed by atoms with Crippen molar-refractivity contribution in [2.75, 3.05) is 57.1 Å². The summed E-state index contributed by atoms with van der Waals surface area (Å²) < 4.78 is 175. The maximum absolute atomic E-state index is 13.0. The number of esters is 4. The fourth-order valence-corrected chi connectivity index (χ4v) is 7.91. The monoisotopic (exact) mass is 1400 g/mol. The summed E-state index contributed by atoms with van der Waals surface area (Å²) in [7, 11) is 4.33. The third kappa shape index (κ3) is 21.5. The van der Waals surface area contributed by atoms with E-state index in [0.717, 1.165) is 112 Å². The van der Waals surface area contributed by atoms with E-state index in [0.29, 0.717) is 12.1 Å². The van der Waals surface area contributed by atoms with Crippen LogP contribution in [0, 0.1) is 7.14 Å². The van der Waals surface area contributed by atoms with Crippen molar-refractivity contribution >= 4 is 127 Å². The molecule has 1 fully saturated rings. The fraction of sp³-hybridized carbons (Fsp3) is 0.333. The molecule has 5 rings (SSSR count). The largest absolute Gasteiger partial charge is 0.465 e. The van der Waals surface area contributed by atoms with Gasteiger partial charge in [-0.15, -0.1) is 0 Å². The van der Waals surface area contributed by atoms with E-state index in [2.05, 4.69) is 29.6 Å². The van der Waals surface area contributed by atoms with Gasteiger partial charge < -0.3 is 45.8 Å². The predicted molar refractivity (Wildman–Crippen MR) is 279 cm³/mol. The Kier molecular flexibility index (Phi) is 27.1. The van der Waals surface area contributed by atoms with E-state index >= 15 is 0 Å². The Bertz CT molecular complexity index is 2970. The molecule has 4 aromatic rings. The van der Waals surface area contributed by atoms with Gasteiger partial charge in [0.05, 0.1) is 84.3 Å². The highest BCUT2D eigenvalue weighted by Crippen LogP contribution is 2.39. The molecular weight excluding hydrogens is 1360 g/mol. The molecule has 1 aliphatic heterocycles. The first kappa shape index (κ1) is 71.5. The smallest absolute Gasteiger partial charge is 0.417 e. The van der Waals surface area contributed by atoms with Crippen molar-refractivity contribution < 1.29 is 115 Å². The van der Waals surface area contributed by atoms with Crippen molar-refractivity contribution in [2.45, 2.75) is 70.8 Å². The number of ether oxygens (including phenoxy) is 5. The molecule has 80 heavy (non-hydrogen) atoms. The van der Waals surface area contributed by atoms with E-state index in [1.54, 1.807) is 0 Å². The minimum atomic E-state index is -4.80. The number of carbonyl (C=O) groups is 8. The topological polar surface area (TPSA) is 259 Å². The second-order valence-electron chi connectivity index (χ2n) is 15.6. The molecule has 0 saturated carbocycles. The van der Waals surface area contributed by atoms with Crippen LogP contribution in [0.15, 0.2) is 48.5 Å². The van der Waals surface area contributed by atoms with Gasteiger partial charge in [0.2, 0.25) is 11.8 Å². The number of amides is 2. The molecular formula is C48H45ClF12I2N4O13. The van der Waals surface area contributed by atoms with Gasteiger partial charge in [-0.25, -0.2) is 19.2 Å². The second kappa shape index (κ2) is 30.4. The fourth-order valence-electron chi connectivity index (χ4n) is 6.12. The van der Waals surface area contributed by atoms with Crippen LogP contribution in [0.25, 0.3) is 0 Å². The number of nitrogens with two attached hydrogens (primary N) is 2. The number of methoxy groups -OCH3 is 4. The summed E-state index contributed by atoms with van der Waals surface area (Å²) >= 11 is 8.46. The summed E-state index contributed by atoms with van der Waals surface area (Å²) in [6.07, 6.45) is -16.4. The van der Waals surface area contributed by atoms with Crippen molar-refractivity contribution in [3.8, 4) is 0 Å². The zero-order chi connectivity index (χ0) is 62.2. The van der Waals surface area contributed by atoms with Gasteiger partial charge in [-0.05, 0) is 120 Å². The van der Waals surface area contributed by atoms with E-state index in [1.807, 2.05) is 0 Å². The molecule has 1 atom stereocenters. The SMILES string of the molecule is COC(=O)c1cc(C(C)=O)c(C(F)(F)F)cc1N.COC(=O)c1cc(C(C)=O)c(C(F)(F)F)cc1NC(C)=O.COC(=O)c1cc(I)c(C(F)(F)F)cc1N.COC(=O)c1cc(I)c(C(F)(F)F)cc1NC(C)=O.ClC1CCCO1. The summed E-state index contributed by atoms with van der Waals surface area (Å²) in [6.45, 7) is 4.99. The number of halogens is 15. The summed E-state index contributed by atoms with van der Waals surface area (Å²) in [5.74, 6) is -6.36. The summed E-state index contributed by atoms with van der Waals surface area (Å²) in [5, 5.41) is 4.30. The number of Topliss-reactive ketones (excluding diaryl/α,β-unsaturated/α-hetero) is 2. The predicted octanol–water partition coefficient (Wildman–Crippen LogP) is 12.0. The van der Waals surface area contributed by atoms with Gasteiger partial charge >= 0.3 is 48.6 Å². The van der Waals surface area contributed by atoms with Crippen molar-refractivity contribution in [3.63, 3.8) is 0 Å². The number of rotatable bonds is 8. The molecule has 1 heterocycles. The van der Waals surface area contributed by atoms with Gasteiger partial charge in [0.1, 0.15) is 5.56 Å². The number of hydrogen-bond donors (Lipinski definition) is 4. The molecule has 0 spiro atoms. The highest BCUT2D eigenvalue weighted by Gasteiger charge is 2.39. The maximum Gasteiger partial charge on any atom is 0.417 e. The van der Waals surface area contributed by atoms with Crippen LogP contribution < -0.4 is 22.1 Å². The third-order valence-electron chi connectivity index (χ3n) is 9.69. The number of hydrogen-bond acceptors (Lipinski definition) is 15. The first-order valence-corrected chi connectivity index (χ1v) is 24.2. The molecule has 0 aromatic heterocycles. The zero-order valence-corrected chi connectivity index (χ0v) is 47.5. The number of carbonyl (C=O) groups excluding carboxylic acids is 8. The molecule has 6 N–H and O–H groups in total. The number of nitrogen functional groups attached to an aromatic ring is 2. The average molecular weight is 1400 g/mol. The lowest BCUT2D eigenvalue weighted by molar-refractivity contribution is -0.139. The maximum atomic E-state index is 13.0. The Hall–Kier alpha value is -6.49. The normalized spacial score (nSPS) is 12.9.